The van der Waals surface area contributed by atoms with E-state index in [1.54, 1.807) is 0 Å². The average Bonchev–Trinajstić information content (AvgIpc) is 2.49. The SMILES string of the molecule is COC(=O)C1(C[B-](F)(F)F)CCCO1.[K+]. The van der Waals surface area contributed by atoms with E-state index >= 15 is 0 Å². The van der Waals surface area contributed by atoms with E-state index in [0.717, 1.165) is 7.11 Å². The molecule has 1 fully saturated rings. The second kappa shape index (κ2) is 6.02. The maximum Gasteiger partial charge on any atom is 1.00 e. The predicted molar refractivity (Wildman–Crippen MR) is 43.8 cm³/mol. The summed E-state index contributed by atoms with van der Waals surface area (Å²) >= 11 is 0. The van der Waals surface area contributed by atoms with Gasteiger partial charge in [0.1, 0.15) is 5.60 Å². The molecule has 0 bridgehead atoms. The van der Waals surface area contributed by atoms with E-state index in [9.17, 15) is 17.7 Å². The molecule has 0 N–H and O–H groups in total. The Kier molecular flexibility index (Phi) is 6.39. The molecule has 1 aliphatic rings. The van der Waals surface area contributed by atoms with Crippen LogP contribution in [0.3, 0.4) is 0 Å². The number of carbonyl (C=O) groups is 1. The van der Waals surface area contributed by atoms with Gasteiger partial charge in [-0.25, -0.2) is 4.79 Å². The average molecular weight is 250 g/mol. The normalized spacial score (nSPS) is 25.9. The van der Waals surface area contributed by atoms with Crippen molar-refractivity contribution in [3.05, 3.63) is 0 Å². The third-order valence-electron chi connectivity index (χ3n) is 2.22. The van der Waals surface area contributed by atoms with Crippen molar-refractivity contribution < 1.29 is 78.6 Å². The molecule has 1 atom stereocenters. The summed E-state index contributed by atoms with van der Waals surface area (Å²) in [6, 6.07) is 0. The van der Waals surface area contributed by atoms with Crippen molar-refractivity contribution >= 4 is 12.9 Å². The number of esters is 1. The van der Waals surface area contributed by atoms with Crippen LogP contribution in [0.1, 0.15) is 12.8 Å². The van der Waals surface area contributed by atoms with E-state index in [2.05, 4.69) is 4.74 Å². The molecular formula is C7H11BF3KO3. The summed E-state index contributed by atoms with van der Waals surface area (Å²) in [6.07, 6.45) is -0.665. The molecule has 0 aliphatic carbocycles. The second-order valence-electron chi connectivity index (χ2n) is 3.35. The van der Waals surface area contributed by atoms with Crippen LogP contribution in [0, 0.1) is 0 Å². The summed E-state index contributed by atoms with van der Waals surface area (Å²) in [5.74, 6) is -0.922. The summed E-state index contributed by atoms with van der Waals surface area (Å²) < 4.78 is 45.9. The molecule has 0 aromatic rings. The number of hydrogen-bond donors (Lipinski definition) is 0. The molecule has 1 rings (SSSR count). The van der Waals surface area contributed by atoms with Crippen LogP contribution in [0.15, 0.2) is 0 Å². The molecule has 3 nitrogen and oxygen atoms in total. The van der Waals surface area contributed by atoms with Crippen molar-refractivity contribution in [2.45, 2.75) is 24.8 Å². The van der Waals surface area contributed by atoms with Crippen LogP contribution in [0.2, 0.25) is 6.32 Å². The van der Waals surface area contributed by atoms with Gasteiger partial charge in [-0.2, -0.15) is 0 Å². The maximum absolute atomic E-state index is 12.2. The molecule has 1 aliphatic heterocycles. The van der Waals surface area contributed by atoms with Crippen molar-refractivity contribution in [3.8, 4) is 0 Å². The maximum atomic E-state index is 12.2. The fourth-order valence-electron chi connectivity index (χ4n) is 1.66. The van der Waals surface area contributed by atoms with E-state index in [1.807, 2.05) is 0 Å². The summed E-state index contributed by atoms with van der Waals surface area (Å²) in [4.78, 5) is 11.2. The third-order valence-corrected chi connectivity index (χ3v) is 2.22. The van der Waals surface area contributed by atoms with E-state index in [0.29, 0.717) is 6.42 Å². The molecule has 82 valence electrons. The Morgan fingerprint density at radius 3 is 2.47 bits per heavy atom. The Bertz CT molecular complexity index is 228. The zero-order valence-corrected chi connectivity index (χ0v) is 11.9. The molecule has 1 heterocycles. The largest absolute Gasteiger partial charge is 1.00 e. The molecule has 0 amide bonds. The van der Waals surface area contributed by atoms with Gasteiger partial charge in [0.15, 0.2) is 0 Å². The molecule has 1 unspecified atom stereocenters. The van der Waals surface area contributed by atoms with Crippen LogP contribution < -0.4 is 51.4 Å². The van der Waals surface area contributed by atoms with Crippen molar-refractivity contribution in [1.82, 2.24) is 0 Å². The quantitative estimate of drug-likeness (QED) is 0.454. The fraction of sp³-hybridized carbons (Fsp3) is 0.857. The van der Waals surface area contributed by atoms with Gasteiger partial charge in [0.05, 0.1) is 7.11 Å². The van der Waals surface area contributed by atoms with Gasteiger partial charge in [0.25, 0.3) is 0 Å². The van der Waals surface area contributed by atoms with Crippen LogP contribution in [-0.4, -0.2) is 32.3 Å². The van der Waals surface area contributed by atoms with Crippen molar-refractivity contribution in [2.24, 2.45) is 0 Å². The van der Waals surface area contributed by atoms with Gasteiger partial charge in [0.2, 0.25) is 0 Å². The van der Waals surface area contributed by atoms with Gasteiger partial charge in [-0.15, -0.1) is 0 Å². The van der Waals surface area contributed by atoms with E-state index in [1.165, 1.54) is 0 Å². The number of methoxy groups -OCH3 is 1. The minimum atomic E-state index is -5.04. The minimum Gasteiger partial charge on any atom is -0.467 e. The standard InChI is InChI=1S/C7H11BF3O3.K/c1-13-6(12)7(3-2-4-14-7)5-8(9,10)11;/h2-5H2,1H3;/q-1;+1. The van der Waals surface area contributed by atoms with Crippen LogP contribution in [0.4, 0.5) is 12.9 Å². The van der Waals surface area contributed by atoms with Gasteiger partial charge >= 0.3 is 64.3 Å². The fourth-order valence-corrected chi connectivity index (χ4v) is 1.66. The molecule has 0 saturated carbocycles. The Labute approximate surface area is 129 Å². The number of rotatable bonds is 3. The number of hydrogen-bond acceptors (Lipinski definition) is 3. The number of halogens is 3. The van der Waals surface area contributed by atoms with E-state index in [4.69, 9.17) is 4.74 Å². The first-order chi connectivity index (χ1) is 6.40. The van der Waals surface area contributed by atoms with Gasteiger partial charge in [-0.1, -0.05) is 0 Å². The third kappa shape index (κ3) is 4.35. The smallest absolute Gasteiger partial charge is 0.467 e. The van der Waals surface area contributed by atoms with Crippen LogP contribution >= 0.6 is 0 Å². The summed E-state index contributed by atoms with van der Waals surface area (Å²) in [7, 11) is 1.06. The van der Waals surface area contributed by atoms with Gasteiger partial charge in [0, 0.05) is 6.61 Å². The van der Waals surface area contributed by atoms with Crippen molar-refractivity contribution in [2.75, 3.05) is 13.7 Å². The van der Waals surface area contributed by atoms with Gasteiger partial charge in [-0.3, -0.25) is 0 Å². The first-order valence-electron chi connectivity index (χ1n) is 4.33. The van der Waals surface area contributed by atoms with Gasteiger partial charge < -0.3 is 22.4 Å². The molecule has 0 aromatic heterocycles. The Hall–Kier alpha value is 0.921. The summed E-state index contributed by atoms with van der Waals surface area (Å²) in [6.45, 7) is -4.86. The monoisotopic (exact) mass is 250 g/mol. The molecule has 8 heteroatoms. The zero-order chi connectivity index (χ0) is 10.8. The molecule has 0 radical (unpaired) electrons. The van der Waals surface area contributed by atoms with Crippen molar-refractivity contribution in [3.63, 3.8) is 0 Å². The topological polar surface area (TPSA) is 35.5 Å². The first-order valence-corrected chi connectivity index (χ1v) is 4.33. The minimum absolute atomic E-state index is 0. The molecule has 15 heavy (non-hydrogen) atoms. The Morgan fingerprint density at radius 1 is 1.53 bits per heavy atom. The predicted octanol–water partition coefficient (Wildman–Crippen LogP) is -1.44. The number of carbonyl (C=O) groups excluding carboxylic acids is 1. The van der Waals surface area contributed by atoms with Crippen molar-refractivity contribution in [1.29, 1.82) is 0 Å². The zero-order valence-electron chi connectivity index (χ0n) is 8.76. The summed E-state index contributed by atoms with van der Waals surface area (Å²) in [5.41, 5.74) is -1.77. The first kappa shape index (κ1) is 15.9. The van der Waals surface area contributed by atoms with Gasteiger partial charge in [-0.05, 0) is 19.2 Å². The van der Waals surface area contributed by atoms with E-state index in [-0.39, 0.29) is 64.4 Å². The second-order valence-corrected chi connectivity index (χ2v) is 3.35. The van der Waals surface area contributed by atoms with Crippen LogP contribution in [-0.2, 0) is 14.3 Å². The number of ether oxygens (including phenoxy) is 2. The Balaban J connectivity index is 0.00000196. The molecule has 0 aromatic carbocycles. The molecular weight excluding hydrogens is 239 g/mol. The van der Waals surface area contributed by atoms with Crippen LogP contribution in [0.25, 0.3) is 0 Å². The Morgan fingerprint density at radius 2 is 2.13 bits per heavy atom. The summed E-state index contributed by atoms with van der Waals surface area (Å²) in [5, 5.41) is 0. The molecule has 1 saturated heterocycles. The van der Waals surface area contributed by atoms with E-state index < -0.39 is 24.9 Å². The molecule has 0 spiro atoms. The van der Waals surface area contributed by atoms with Crippen LogP contribution in [0.5, 0.6) is 0 Å².